The van der Waals surface area contributed by atoms with Gasteiger partial charge in [0, 0.05) is 0 Å². The van der Waals surface area contributed by atoms with Crippen molar-refractivity contribution >= 4 is 0 Å². The Kier molecular flexibility index (Phi) is 7.80. The average Bonchev–Trinajstić information content (AvgIpc) is 2.58. The van der Waals surface area contributed by atoms with Gasteiger partial charge >= 0.3 is 0 Å². The topological polar surface area (TPSA) is 0 Å². The fourth-order valence-corrected chi connectivity index (χ4v) is 3.17. The lowest BCUT2D eigenvalue weighted by molar-refractivity contribution is 0.423. The molecule has 22 heavy (non-hydrogen) atoms. The molecule has 0 fully saturated rings. The van der Waals surface area contributed by atoms with Crippen LogP contribution in [-0.2, 0) is 12.8 Å². The summed E-state index contributed by atoms with van der Waals surface area (Å²) in [6.45, 7) is 2.29. The van der Waals surface area contributed by atoms with Crippen molar-refractivity contribution in [2.24, 2.45) is 5.92 Å². The molecule has 0 saturated heterocycles. The van der Waals surface area contributed by atoms with Crippen molar-refractivity contribution in [1.82, 2.24) is 0 Å². The Labute approximate surface area is 136 Å². The molecule has 0 amide bonds. The Morgan fingerprint density at radius 1 is 0.682 bits per heavy atom. The second kappa shape index (κ2) is 10.2. The quantitative estimate of drug-likeness (QED) is 0.442. The fourth-order valence-electron chi connectivity index (χ4n) is 3.17. The van der Waals surface area contributed by atoms with Crippen LogP contribution in [0.5, 0.6) is 0 Å². The van der Waals surface area contributed by atoms with E-state index in [4.69, 9.17) is 0 Å². The number of aryl methyl sites for hydroxylation is 1. The first kappa shape index (κ1) is 16.8. The Morgan fingerprint density at radius 3 is 1.95 bits per heavy atom. The summed E-state index contributed by atoms with van der Waals surface area (Å²) in [5.74, 6) is 0.819. The minimum atomic E-state index is 0.819. The lowest BCUT2D eigenvalue weighted by Crippen LogP contribution is -2.07. The van der Waals surface area contributed by atoms with Crippen LogP contribution in [0.2, 0.25) is 0 Å². The van der Waals surface area contributed by atoms with E-state index in [9.17, 15) is 0 Å². The van der Waals surface area contributed by atoms with E-state index in [0.29, 0.717) is 0 Å². The van der Waals surface area contributed by atoms with Gasteiger partial charge in [-0.1, -0.05) is 99.7 Å². The molecule has 0 nitrogen and oxygen atoms in total. The zero-order valence-electron chi connectivity index (χ0n) is 14.0. The van der Waals surface area contributed by atoms with Crippen molar-refractivity contribution in [2.75, 3.05) is 0 Å². The molecule has 2 aromatic carbocycles. The maximum atomic E-state index is 2.29. The van der Waals surface area contributed by atoms with Gasteiger partial charge in [-0.3, -0.25) is 0 Å². The maximum Gasteiger partial charge on any atom is -0.0250 e. The molecule has 0 aliphatic carbocycles. The molecule has 2 aromatic rings. The van der Waals surface area contributed by atoms with E-state index < -0.39 is 0 Å². The van der Waals surface area contributed by atoms with Gasteiger partial charge in [-0.15, -0.1) is 0 Å². The normalized spacial score (nSPS) is 12.2. The van der Waals surface area contributed by atoms with Gasteiger partial charge in [0.2, 0.25) is 0 Å². The highest BCUT2D eigenvalue weighted by Crippen LogP contribution is 2.21. The number of hydrogen-bond acceptors (Lipinski definition) is 0. The Balaban J connectivity index is 1.86. The van der Waals surface area contributed by atoms with Gasteiger partial charge in [-0.05, 0) is 36.3 Å². The Hall–Kier alpha value is -1.56. The van der Waals surface area contributed by atoms with Gasteiger partial charge in [0.1, 0.15) is 0 Å². The van der Waals surface area contributed by atoms with Gasteiger partial charge in [0.25, 0.3) is 0 Å². The highest BCUT2D eigenvalue weighted by Gasteiger charge is 2.10. The van der Waals surface area contributed by atoms with Gasteiger partial charge < -0.3 is 0 Å². The summed E-state index contributed by atoms with van der Waals surface area (Å²) in [7, 11) is 0. The molecule has 0 heteroatoms. The Bertz CT molecular complexity index is 486. The third-order valence-electron chi connectivity index (χ3n) is 4.52. The number of unbranched alkanes of at least 4 members (excludes halogenated alkanes) is 3. The third kappa shape index (κ3) is 6.47. The molecule has 0 radical (unpaired) electrons. The van der Waals surface area contributed by atoms with Gasteiger partial charge in [0.15, 0.2) is 0 Å². The van der Waals surface area contributed by atoms with Crippen molar-refractivity contribution in [2.45, 2.75) is 58.3 Å². The summed E-state index contributed by atoms with van der Waals surface area (Å²) < 4.78 is 0. The van der Waals surface area contributed by atoms with Crippen molar-refractivity contribution in [3.05, 3.63) is 71.8 Å². The zero-order valence-corrected chi connectivity index (χ0v) is 14.0. The minimum absolute atomic E-state index is 0.819. The number of benzene rings is 2. The first-order chi connectivity index (χ1) is 10.9. The molecule has 0 heterocycles. The molecule has 118 valence electrons. The van der Waals surface area contributed by atoms with E-state index in [1.807, 2.05) is 0 Å². The molecule has 1 atom stereocenters. The molecule has 0 aliphatic rings. The molecule has 0 N–H and O–H groups in total. The van der Waals surface area contributed by atoms with E-state index >= 15 is 0 Å². The SMILES string of the molecule is CCCCCCC(CCc1ccccc1)Cc1ccccc1. The second-order valence-corrected chi connectivity index (χ2v) is 6.43. The molecule has 0 aliphatic heterocycles. The van der Waals surface area contributed by atoms with Crippen LogP contribution in [0.25, 0.3) is 0 Å². The summed E-state index contributed by atoms with van der Waals surface area (Å²) in [5, 5.41) is 0. The van der Waals surface area contributed by atoms with Crippen LogP contribution in [-0.4, -0.2) is 0 Å². The third-order valence-corrected chi connectivity index (χ3v) is 4.52. The number of rotatable bonds is 10. The van der Waals surface area contributed by atoms with E-state index in [-0.39, 0.29) is 0 Å². The smallest absolute Gasteiger partial charge is 0.0250 e. The van der Waals surface area contributed by atoms with E-state index in [1.54, 1.807) is 0 Å². The highest BCUT2D eigenvalue weighted by atomic mass is 14.2. The van der Waals surface area contributed by atoms with Crippen molar-refractivity contribution in [1.29, 1.82) is 0 Å². The lowest BCUT2D eigenvalue weighted by Gasteiger charge is -2.17. The van der Waals surface area contributed by atoms with Crippen LogP contribution in [0.1, 0.15) is 56.6 Å². The van der Waals surface area contributed by atoms with Crippen LogP contribution in [0.4, 0.5) is 0 Å². The second-order valence-electron chi connectivity index (χ2n) is 6.43. The Morgan fingerprint density at radius 2 is 1.32 bits per heavy atom. The van der Waals surface area contributed by atoms with Crippen molar-refractivity contribution in [3.8, 4) is 0 Å². The summed E-state index contributed by atoms with van der Waals surface area (Å²) >= 11 is 0. The molecule has 1 unspecified atom stereocenters. The molecular formula is C22H30. The summed E-state index contributed by atoms with van der Waals surface area (Å²) in [5.41, 5.74) is 2.98. The molecule has 0 bridgehead atoms. The van der Waals surface area contributed by atoms with Gasteiger partial charge in [0.05, 0.1) is 0 Å². The predicted octanol–water partition coefficient (Wildman–Crippen LogP) is 6.45. The summed E-state index contributed by atoms with van der Waals surface area (Å²) in [4.78, 5) is 0. The summed E-state index contributed by atoms with van der Waals surface area (Å²) in [6, 6.07) is 21.9. The lowest BCUT2D eigenvalue weighted by atomic mass is 9.88. The van der Waals surface area contributed by atoms with Gasteiger partial charge in [-0.25, -0.2) is 0 Å². The van der Waals surface area contributed by atoms with E-state index in [1.165, 1.54) is 62.5 Å². The molecule has 0 spiro atoms. The fraction of sp³-hybridized carbons (Fsp3) is 0.455. The number of hydrogen-bond donors (Lipinski definition) is 0. The molecule has 2 rings (SSSR count). The highest BCUT2D eigenvalue weighted by molar-refractivity contribution is 5.16. The zero-order chi connectivity index (χ0) is 15.5. The molecular weight excluding hydrogens is 264 g/mol. The van der Waals surface area contributed by atoms with Crippen LogP contribution >= 0.6 is 0 Å². The first-order valence-corrected chi connectivity index (χ1v) is 8.96. The van der Waals surface area contributed by atoms with Crippen molar-refractivity contribution in [3.63, 3.8) is 0 Å². The van der Waals surface area contributed by atoms with Crippen LogP contribution in [0, 0.1) is 5.92 Å². The van der Waals surface area contributed by atoms with Gasteiger partial charge in [-0.2, -0.15) is 0 Å². The average molecular weight is 294 g/mol. The monoisotopic (exact) mass is 294 g/mol. The minimum Gasteiger partial charge on any atom is -0.0654 e. The van der Waals surface area contributed by atoms with Crippen molar-refractivity contribution < 1.29 is 0 Å². The standard InChI is InChI=1S/C22H30/c1-2-3-4-7-16-22(19-21-14-10-6-11-15-21)18-17-20-12-8-5-9-13-20/h5-6,8-15,22H,2-4,7,16-19H2,1H3. The largest absolute Gasteiger partial charge is 0.0654 e. The summed E-state index contributed by atoms with van der Waals surface area (Å²) in [6.07, 6.45) is 10.6. The predicted molar refractivity (Wildman–Crippen MR) is 97.2 cm³/mol. The van der Waals surface area contributed by atoms with Crippen LogP contribution < -0.4 is 0 Å². The van der Waals surface area contributed by atoms with Crippen LogP contribution in [0.15, 0.2) is 60.7 Å². The molecule has 0 saturated carbocycles. The van der Waals surface area contributed by atoms with Crippen LogP contribution in [0.3, 0.4) is 0 Å². The van der Waals surface area contributed by atoms with E-state index in [2.05, 4.69) is 67.6 Å². The van der Waals surface area contributed by atoms with E-state index in [0.717, 1.165) is 5.92 Å². The maximum absolute atomic E-state index is 2.29. The molecule has 0 aromatic heterocycles. The first-order valence-electron chi connectivity index (χ1n) is 8.96.